The molecule has 0 unspecified atom stereocenters. The monoisotopic (exact) mass is 197 g/mol. The molecule has 0 saturated carbocycles. The smallest absolute Gasteiger partial charge is 0.253 e. The van der Waals surface area contributed by atoms with E-state index in [0.29, 0.717) is 6.61 Å². The molecule has 3 nitrogen and oxygen atoms in total. The molecule has 4 heteroatoms. The minimum absolute atomic E-state index is 0.0177. The fourth-order valence-corrected chi connectivity index (χ4v) is 1.93. The predicted octanol–water partition coefficient (Wildman–Crippen LogP) is 1.87. The number of amides is 1. The Bertz CT molecular complexity index is 278. The standard InChI is InChI=1S/C9H11NO2S/c11-9(8-2-1-4-12-8)10-7-3-5-13-6-7/h3,5-6,8H,1-2,4H2,(H,10,11)/t8-/m1/s1. The van der Waals surface area contributed by atoms with Crippen LogP contribution in [0, 0.1) is 0 Å². The highest BCUT2D eigenvalue weighted by Crippen LogP contribution is 2.16. The minimum atomic E-state index is -0.236. The molecule has 1 aromatic heterocycles. The second-order valence-corrected chi connectivity index (χ2v) is 3.78. The molecule has 70 valence electrons. The van der Waals surface area contributed by atoms with Crippen LogP contribution in [0.5, 0.6) is 0 Å². The van der Waals surface area contributed by atoms with Crippen LogP contribution in [0.3, 0.4) is 0 Å². The van der Waals surface area contributed by atoms with Crippen LogP contribution in [0.4, 0.5) is 5.69 Å². The number of hydrogen-bond donors (Lipinski definition) is 1. The SMILES string of the molecule is O=C(Nc1ccsc1)[C@H]1CCCO1. The van der Waals surface area contributed by atoms with Crippen LogP contribution in [0.1, 0.15) is 12.8 Å². The van der Waals surface area contributed by atoms with Crippen molar-refractivity contribution in [3.63, 3.8) is 0 Å². The summed E-state index contributed by atoms with van der Waals surface area (Å²) in [4.78, 5) is 11.5. The Morgan fingerprint density at radius 3 is 3.23 bits per heavy atom. The molecule has 2 heterocycles. The summed E-state index contributed by atoms with van der Waals surface area (Å²) < 4.78 is 5.25. The molecule has 0 bridgehead atoms. The summed E-state index contributed by atoms with van der Waals surface area (Å²) in [5.74, 6) is -0.0177. The molecule has 1 N–H and O–H groups in total. The highest BCUT2D eigenvalue weighted by atomic mass is 32.1. The molecule has 1 fully saturated rings. The summed E-state index contributed by atoms with van der Waals surface area (Å²) in [5, 5.41) is 6.66. The van der Waals surface area contributed by atoms with Gasteiger partial charge in [-0.25, -0.2) is 0 Å². The molecule has 1 amide bonds. The molecule has 2 rings (SSSR count). The Hall–Kier alpha value is -0.870. The molecular weight excluding hydrogens is 186 g/mol. The molecule has 0 aliphatic carbocycles. The van der Waals surface area contributed by atoms with Crippen molar-refractivity contribution in [2.75, 3.05) is 11.9 Å². The number of anilines is 1. The van der Waals surface area contributed by atoms with E-state index >= 15 is 0 Å². The zero-order valence-corrected chi connectivity index (χ0v) is 7.97. The summed E-state index contributed by atoms with van der Waals surface area (Å²) >= 11 is 1.57. The first kappa shape index (κ1) is 8.72. The lowest BCUT2D eigenvalue weighted by molar-refractivity contribution is -0.124. The Morgan fingerprint density at radius 1 is 1.69 bits per heavy atom. The third-order valence-electron chi connectivity index (χ3n) is 2.01. The van der Waals surface area contributed by atoms with Crippen LogP contribution in [-0.2, 0) is 9.53 Å². The van der Waals surface area contributed by atoms with Crippen molar-refractivity contribution in [1.82, 2.24) is 0 Å². The quantitative estimate of drug-likeness (QED) is 0.786. The third kappa shape index (κ3) is 2.08. The second-order valence-electron chi connectivity index (χ2n) is 3.00. The van der Waals surface area contributed by atoms with Gasteiger partial charge in [0.05, 0.1) is 5.69 Å². The maximum Gasteiger partial charge on any atom is 0.253 e. The van der Waals surface area contributed by atoms with Gasteiger partial charge < -0.3 is 10.1 Å². The fraction of sp³-hybridized carbons (Fsp3) is 0.444. The highest BCUT2D eigenvalue weighted by Gasteiger charge is 2.23. The second kappa shape index (κ2) is 3.89. The van der Waals surface area contributed by atoms with Gasteiger partial charge in [0.2, 0.25) is 0 Å². The van der Waals surface area contributed by atoms with Crippen LogP contribution in [0.15, 0.2) is 16.8 Å². The molecule has 1 aliphatic rings. The Labute approximate surface area is 80.7 Å². The maximum absolute atomic E-state index is 11.5. The largest absolute Gasteiger partial charge is 0.368 e. The predicted molar refractivity (Wildman–Crippen MR) is 51.9 cm³/mol. The summed E-state index contributed by atoms with van der Waals surface area (Å²) in [6.07, 6.45) is 1.59. The van der Waals surface area contributed by atoms with Crippen LogP contribution < -0.4 is 5.32 Å². The van der Waals surface area contributed by atoms with Crippen molar-refractivity contribution in [2.45, 2.75) is 18.9 Å². The third-order valence-corrected chi connectivity index (χ3v) is 2.69. The van der Waals surface area contributed by atoms with Gasteiger partial charge in [0.25, 0.3) is 5.91 Å². The Kier molecular flexibility index (Phi) is 2.61. The van der Waals surface area contributed by atoms with E-state index in [-0.39, 0.29) is 12.0 Å². The van der Waals surface area contributed by atoms with Gasteiger partial charge >= 0.3 is 0 Å². The first-order chi connectivity index (χ1) is 6.36. The highest BCUT2D eigenvalue weighted by molar-refractivity contribution is 7.08. The van der Waals surface area contributed by atoms with E-state index < -0.39 is 0 Å². The van der Waals surface area contributed by atoms with Crippen molar-refractivity contribution in [1.29, 1.82) is 0 Å². The normalized spacial score (nSPS) is 21.7. The molecule has 1 saturated heterocycles. The molecule has 0 radical (unpaired) electrons. The number of rotatable bonds is 2. The summed E-state index contributed by atoms with van der Waals surface area (Å²) in [6.45, 7) is 0.710. The average molecular weight is 197 g/mol. The lowest BCUT2D eigenvalue weighted by Gasteiger charge is -2.08. The van der Waals surface area contributed by atoms with Gasteiger partial charge in [-0.3, -0.25) is 4.79 Å². The van der Waals surface area contributed by atoms with E-state index in [4.69, 9.17) is 4.74 Å². The molecule has 0 aromatic carbocycles. The van der Waals surface area contributed by atoms with Crippen LogP contribution >= 0.6 is 11.3 Å². The van der Waals surface area contributed by atoms with Crippen molar-refractivity contribution in [2.24, 2.45) is 0 Å². The van der Waals surface area contributed by atoms with E-state index in [1.807, 2.05) is 16.8 Å². The topological polar surface area (TPSA) is 38.3 Å². The van der Waals surface area contributed by atoms with Crippen molar-refractivity contribution in [3.8, 4) is 0 Å². The fourth-order valence-electron chi connectivity index (χ4n) is 1.34. The number of nitrogens with one attached hydrogen (secondary N) is 1. The van der Waals surface area contributed by atoms with Crippen molar-refractivity contribution in [3.05, 3.63) is 16.8 Å². The molecular formula is C9H11NO2S. The molecule has 1 aromatic rings. The summed E-state index contributed by atoms with van der Waals surface area (Å²) in [7, 11) is 0. The van der Waals surface area contributed by atoms with Crippen LogP contribution in [0.2, 0.25) is 0 Å². The first-order valence-electron chi connectivity index (χ1n) is 4.31. The van der Waals surface area contributed by atoms with Crippen molar-refractivity contribution < 1.29 is 9.53 Å². The van der Waals surface area contributed by atoms with Gasteiger partial charge in [-0.05, 0) is 24.3 Å². The number of ether oxygens (including phenoxy) is 1. The van der Waals surface area contributed by atoms with Crippen LogP contribution in [0.25, 0.3) is 0 Å². The van der Waals surface area contributed by atoms with Gasteiger partial charge in [0.15, 0.2) is 0 Å². The molecule has 13 heavy (non-hydrogen) atoms. The zero-order valence-electron chi connectivity index (χ0n) is 7.16. The lowest BCUT2D eigenvalue weighted by Crippen LogP contribution is -2.26. The summed E-state index contributed by atoms with van der Waals surface area (Å²) in [5.41, 5.74) is 0.866. The minimum Gasteiger partial charge on any atom is -0.368 e. The first-order valence-corrected chi connectivity index (χ1v) is 5.25. The average Bonchev–Trinajstić information content (AvgIpc) is 2.74. The van der Waals surface area contributed by atoms with E-state index in [1.54, 1.807) is 11.3 Å². The zero-order chi connectivity index (χ0) is 9.10. The molecule has 1 aliphatic heterocycles. The lowest BCUT2D eigenvalue weighted by atomic mass is 10.2. The van der Waals surface area contributed by atoms with Gasteiger partial charge in [-0.2, -0.15) is 11.3 Å². The van der Waals surface area contributed by atoms with Gasteiger partial charge in [0, 0.05) is 12.0 Å². The number of carbonyl (C=O) groups is 1. The number of hydrogen-bond acceptors (Lipinski definition) is 3. The van der Waals surface area contributed by atoms with E-state index in [9.17, 15) is 4.79 Å². The summed E-state index contributed by atoms with van der Waals surface area (Å²) in [6, 6.07) is 1.89. The van der Waals surface area contributed by atoms with Gasteiger partial charge in [-0.1, -0.05) is 0 Å². The Morgan fingerprint density at radius 2 is 2.62 bits per heavy atom. The number of thiophene rings is 1. The maximum atomic E-state index is 11.5. The van der Waals surface area contributed by atoms with Gasteiger partial charge in [-0.15, -0.1) is 0 Å². The van der Waals surface area contributed by atoms with Crippen molar-refractivity contribution >= 4 is 22.9 Å². The van der Waals surface area contributed by atoms with Crippen LogP contribution in [-0.4, -0.2) is 18.6 Å². The van der Waals surface area contributed by atoms with E-state index in [1.165, 1.54) is 0 Å². The Balaban J connectivity index is 1.91. The molecule has 1 atom stereocenters. The van der Waals surface area contributed by atoms with Gasteiger partial charge in [0.1, 0.15) is 6.10 Å². The van der Waals surface area contributed by atoms with E-state index in [0.717, 1.165) is 18.5 Å². The molecule has 0 spiro atoms. The van der Waals surface area contributed by atoms with E-state index in [2.05, 4.69) is 5.32 Å². The number of carbonyl (C=O) groups excluding carboxylic acids is 1.